The molecule has 1 aliphatic heterocycles. The fourth-order valence-electron chi connectivity index (χ4n) is 4.23. The molecule has 0 unspecified atom stereocenters. The van der Waals surface area contributed by atoms with E-state index in [0.717, 1.165) is 31.8 Å². The van der Waals surface area contributed by atoms with Crippen LogP contribution in [0.25, 0.3) is 0 Å². The van der Waals surface area contributed by atoms with E-state index in [-0.39, 0.29) is 18.3 Å². The number of hydrogen-bond donors (Lipinski definition) is 2. The molecular formula is C17H33ClN2O. The van der Waals surface area contributed by atoms with Gasteiger partial charge in [0.2, 0.25) is 5.91 Å². The Morgan fingerprint density at radius 3 is 2.57 bits per heavy atom. The smallest absolute Gasteiger partial charge is 0.223 e. The lowest BCUT2D eigenvalue weighted by Crippen LogP contribution is -2.45. The summed E-state index contributed by atoms with van der Waals surface area (Å²) in [5.74, 6) is 1.25. The van der Waals surface area contributed by atoms with E-state index < -0.39 is 0 Å². The Morgan fingerprint density at radius 2 is 2.00 bits per heavy atom. The molecular weight excluding hydrogens is 284 g/mol. The zero-order valence-electron chi connectivity index (χ0n) is 13.9. The molecule has 1 saturated carbocycles. The fourth-order valence-corrected chi connectivity index (χ4v) is 4.23. The van der Waals surface area contributed by atoms with Gasteiger partial charge in [-0.15, -0.1) is 12.4 Å². The predicted octanol–water partition coefficient (Wildman–Crippen LogP) is 3.52. The van der Waals surface area contributed by atoms with Crippen molar-refractivity contribution in [1.29, 1.82) is 0 Å². The molecule has 0 spiro atoms. The predicted molar refractivity (Wildman–Crippen MR) is 90.8 cm³/mol. The molecule has 4 heteroatoms. The van der Waals surface area contributed by atoms with Crippen LogP contribution in [-0.2, 0) is 4.79 Å². The van der Waals surface area contributed by atoms with Gasteiger partial charge in [-0.25, -0.2) is 0 Å². The SMILES string of the molecule is CC(C)CC1(CNC(=O)[C@H]2CCN[C@@H](C)C2)CCCC1.Cl. The van der Waals surface area contributed by atoms with Gasteiger partial charge >= 0.3 is 0 Å². The first kappa shape index (κ1) is 18.8. The van der Waals surface area contributed by atoms with Crippen molar-refractivity contribution in [2.45, 2.75) is 71.8 Å². The Hall–Kier alpha value is -0.280. The van der Waals surface area contributed by atoms with Crippen LogP contribution >= 0.6 is 12.4 Å². The number of amides is 1. The van der Waals surface area contributed by atoms with Crippen LogP contribution in [0.1, 0.15) is 65.7 Å². The van der Waals surface area contributed by atoms with Crippen LogP contribution in [0.5, 0.6) is 0 Å². The van der Waals surface area contributed by atoms with E-state index in [9.17, 15) is 4.79 Å². The molecule has 1 amide bonds. The van der Waals surface area contributed by atoms with Crippen LogP contribution < -0.4 is 10.6 Å². The Bertz CT molecular complexity index is 327. The Labute approximate surface area is 136 Å². The van der Waals surface area contributed by atoms with E-state index in [1.165, 1.54) is 32.1 Å². The van der Waals surface area contributed by atoms with Gasteiger partial charge in [-0.3, -0.25) is 4.79 Å². The number of carbonyl (C=O) groups is 1. The molecule has 2 N–H and O–H groups in total. The second kappa shape index (κ2) is 8.38. The van der Waals surface area contributed by atoms with Crippen LogP contribution in [-0.4, -0.2) is 25.0 Å². The first-order chi connectivity index (χ1) is 9.51. The zero-order chi connectivity index (χ0) is 14.6. The molecule has 0 radical (unpaired) electrons. The lowest BCUT2D eigenvalue weighted by Gasteiger charge is -2.33. The molecule has 1 heterocycles. The Morgan fingerprint density at radius 1 is 1.33 bits per heavy atom. The van der Waals surface area contributed by atoms with E-state index >= 15 is 0 Å². The largest absolute Gasteiger partial charge is 0.355 e. The molecule has 2 rings (SSSR count). The van der Waals surface area contributed by atoms with Gasteiger partial charge in [-0.1, -0.05) is 26.7 Å². The number of halogens is 1. The molecule has 2 aliphatic rings. The van der Waals surface area contributed by atoms with Crippen molar-refractivity contribution in [3.8, 4) is 0 Å². The average Bonchev–Trinajstić information content (AvgIpc) is 2.84. The topological polar surface area (TPSA) is 41.1 Å². The van der Waals surface area contributed by atoms with E-state index in [0.29, 0.717) is 17.4 Å². The minimum absolute atomic E-state index is 0. The molecule has 1 saturated heterocycles. The molecule has 3 nitrogen and oxygen atoms in total. The van der Waals surface area contributed by atoms with Crippen molar-refractivity contribution in [2.24, 2.45) is 17.3 Å². The van der Waals surface area contributed by atoms with Crippen molar-refractivity contribution in [3.05, 3.63) is 0 Å². The first-order valence-corrected chi connectivity index (χ1v) is 8.52. The summed E-state index contributed by atoms with van der Waals surface area (Å²) in [6.45, 7) is 8.67. The first-order valence-electron chi connectivity index (χ1n) is 8.52. The Balaban J connectivity index is 0.00000220. The minimum atomic E-state index is 0. The van der Waals surface area contributed by atoms with Gasteiger partial charge in [-0.2, -0.15) is 0 Å². The standard InChI is InChI=1S/C17H32N2O.ClH/c1-13(2)11-17(7-4-5-8-17)12-19-16(20)15-6-9-18-14(3)10-15;/h13-15,18H,4-12H2,1-3H3,(H,19,20);1H/t14-,15-;/m0./s1. The summed E-state index contributed by atoms with van der Waals surface area (Å²) < 4.78 is 0. The number of carbonyl (C=O) groups excluding carboxylic acids is 1. The summed E-state index contributed by atoms with van der Waals surface area (Å²) in [6.07, 6.45) is 8.52. The Kier molecular flexibility index (Phi) is 7.49. The zero-order valence-corrected chi connectivity index (χ0v) is 14.7. The van der Waals surface area contributed by atoms with Crippen LogP contribution in [0.4, 0.5) is 0 Å². The summed E-state index contributed by atoms with van der Waals surface area (Å²) in [6, 6.07) is 0.482. The van der Waals surface area contributed by atoms with Crippen molar-refractivity contribution in [1.82, 2.24) is 10.6 Å². The third-order valence-electron chi connectivity index (χ3n) is 5.14. The van der Waals surface area contributed by atoms with Crippen LogP contribution in [0.15, 0.2) is 0 Å². The summed E-state index contributed by atoms with van der Waals surface area (Å²) in [5, 5.41) is 6.71. The summed E-state index contributed by atoms with van der Waals surface area (Å²) in [7, 11) is 0. The maximum absolute atomic E-state index is 12.4. The van der Waals surface area contributed by atoms with Crippen molar-refractivity contribution >= 4 is 18.3 Å². The summed E-state index contributed by atoms with van der Waals surface area (Å²) in [5.41, 5.74) is 0.391. The minimum Gasteiger partial charge on any atom is -0.355 e. The highest BCUT2D eigenvalue weighted by Gasteiger charge is 2.35. The van der Waals surface area contributed by atoms with Gasteiger partial charge in [0, 0.05) is 18.5 Å². The third kappa shape index (κ3) is 5.45. The van der Waals surface area contributed by atoms with Crippen LogP contribution in [0.3, 0.4) is 0 Å². The van der Waals surface area contributed by atoms with E-state index in [4.69, 9.17) is 0 Å². The van der Waals surface area contributed by atoms with Gasteiger partial charge in [0.25, 0.3) is 0 Å². The third-order valence-corrected chi connectivity index (χ3v) is 5.14. The highest BCUT2D eigenvalue weighted by molar-refractivity contribution is 5.85. The molecule has 21 heavy (non-hydrogen) atoms. The molecule has 0 aromatic heterocycles. The molecule has 0 bridgehead atoms. The van der Waals surface area contributed by atoms with E-state index in [1.54, 1.807) is 0 Å². The normalized spacial score (nSPS) is 28.2. The molecule has 2 fully saturated rings. The van der Waals surface area contributed by atoms with Gasteiger partial charge in [0.05, 0.1) is 0 Å². The number of nitrogens with one attached hydrogen (secondary N) is 2. The van der Waals surface area contributed by atoms with Gasteiger partial charge in [0.1, 0.15) is 0 Å². The van der Waals surface area contributed by atoms with E-state index in [2.05, 4.69) is 31.4 Å². The lowest BCUT2D eigenvalue weighted by molar-refractivity contribution is -0.126. The van der Waals surface area contributed by atoms with Crippen LogP contribution in [0.2, 0.25) is 0 Å². The average molecular weight is 317 g/mol. The lowest BCUT2D eigenvalue weighted by atomic mass is 9.78. The molecule has 2 atom stereocenters. The van der Waals surface area contributed by atoms with Gasteiger partial charge in [0.15, 0.2) is 0 Å². The highest BCUT2D eigenvalue weighted by Crippen LogP contribution is 2.42. The maximum atomic E-state index is 12.4. The summed E-state index contributed by atoms with van der Waals surface area (Å²) in [4.78, 5) is 12.4. The number of hydrogen-bond acceptors (Lipinski definition) is 2. The molecule has 124 valence electrons. The second-order valence-corrected chi connectivity index (χ2v) is 7.60. The molecule has 0 aromatic rings. The highest BCUT2D eigenvalue weighted by atomic mass is 35.5. The maximum Gasteiger partial charge on any atom is 0.223 e. The second-order valence-electron chi connectivity index (χ2n) is 7.60. The van der Waals surface area contributed by atoms with Crippen LogP contribution in [0, 0.1) is 17.3 Å². The molecule has 1 aliphatic carbocycles. The van der Waals surface area contributed by atoms with Gasteiger partial charge in [-0.05, 0) is 56.9 Å². The van der Waals surface area contributed by atoms with Crippen molar-refractivity contribution in [3.63, 3.8) is 0 Å². The monoisotopic (exact) mass is 316 g/mol. The quantitative estimate of drug-likeness (QED) is 0.815. The number of piperidine rings is 1. The number of rotatable bonds is 5. The van der Waals surface area contributed by atoms with E-state index in [1.807, 2.05) is 0 Å². The van der Waals surface area contributed by atoms with Crippen molar-refractivity contribution in [2.75, 3.05) is 13.1 Å². The van der Waals surface area contributed by atoms with Gasteiger partial charge < -0.3 is 10.6 Å². The summed E-state index contributed by atoms with van der Waals surface area (Å²) >= 11 is 0. The molecule has 0 aromatic carbocycles. The van der Waals surface area contributed by atoms with Crippen molar-refractivity contribution < 1.29 is 4.79 Å². The fraction of sp³-hybridized carbons (Fsp3) is 0.941.